The van der Waals surface area contributed by atoms with E-state index in [9.17, 15) is 39.6 Å². The number of aliphatic carboxylic acids is 2. The van der Waals surface area contributed by atoms with Gasteiger partial charge in [0.2, 0.25) is 5.95 Å². The number of nitrogens with one attached hydrogen (secondary N) is 3. The zero-order valence-corrected chi connectivity index (χ0v) is 27.7. The summed E-state index contributed by atoms with van der Waals surface area (Å²) in [6.45, 7) is 3.16. The number of hydrogen-bond acceptors (Lipinski definition) is 16. The number of likely N-dealkylation sites (tertiary alicyclic amines) is 1. The Hall–Kier alpha value is -4.83. The Morgan fingerprint density at radius 2 is 1.92 bits per heavy atom. The molecule has 6 heterocycles. The first kappa shape index (κ1) is 35.0. The van der Waals surface area contributed by atoms with Gasteiger partial charge in [0, 0.05) is 36.8 Å². The number of aromatic amines is 1. The minimum absolute atomic E-state index is 0.00992. The number of carbonyl (C=O) groups excluding carboxylic acids is 1. The number of rotatable bonds is 10. The number of aliphatic hydroxyl groups is 2. The van der Waals surface area contributed by atoms with Crippen LogP contribution in [-0.2, 0) is 19.1 Å². The van der Waals surface area contributed by atoms with Crippen LogP contribution in [0, 0.1) is 5.92 Å². The van der Waals surface area contributed by atoms with E-state index in [1.165, 1.54) is 22.0 Å². The first-order valence-electron chi connectivity index (χ1n) is 15.6. The van der Waals surface area contributed by atoms with Crippen LogP contribution < -0.4 is 27.7 Å². The Labute approximate surface area is 287 Å². The quantitative estimate of drug-likeness (QED) is 0.114. The molecule has 11 N–H and O–H groups in total. The average Bonchev–Trinajstić information content (AvgIpc) is 3.59. The van der Waals surface area contributed by atoms with Gasteiger partial charge in [-0.15, -0.1) is 0 Å². The molecule has 3 aromatic rings. The van der Waals surface area contributed by atoms with E-state index in [1.54, 1.807) is 19.9 Å². The van der Waals surface area contributed by atoms with Crippen molar-refractivity contribution in [2.45, 2.75) is 61.6 Å². The molecule has 50 heavy (non-hydrogen) atoms. The number of pyridine rings is 1. The van der Waals surface area contributed by atoms with Crippen LogP contribution in [0.4, 0.5) is 23.1 Å². The van der Waals surface area contributed by atoms with Crippen molar-refractivity contribution >= 4 is 69.6 Å². The number of thioether (sulfide) groups is 1. The maximum atomic E-state index is 13.2. The summed E-state index contributed by atoms with van der Waals surface area (Å²) in [7, 11) is 0. The summed E-state index contributed by atoms with van der Waals surface area (Å²) in [6, 6.07) is 0.503. The predicted molar refractivity (Wildman–Crippen MR) is 180 cm³/mol. The first-order chi connectivity index (χ1) is 23.7. The van der Waals surface area contributed by atoms with Crippen molar-refractivity contribution in [2.75, 3.05) is 42.2 Å². The summed E-state index contributed by atoms with van der Waals surface area (Å²) >= 11 is 1.15. The molecule has 268 valence electrons. The topological polar surface area (TPSA) is 310 Å². The Balaban J connectivity index is 1.09. The molecule has 3 aromatic heterocycles. The maximum absolute atomic E-state index is 13.2. The van der Waals surface area contributed by atoms with Crippen LogP contribution in [0.25, 0.3) is 11.2 Å². The second-order valence-electron chi connectivity index (χ2n) is 12.8. The first-order valence-corrected chi connectivity index (χ1v) is 16.7. The van der Waals surface area contributed by atoms with E-state index in [2.05, 4.69) is 35.6 Å². The smallest absolute Gasteiger partial charge is 0.320 e. The third-order valence-electron chi connectivity index (χ3n) is 9.02. The fourth-order valence-electron chi connectivity index (χ4n) is 6.42. The summed E-state index contributed by atoms with van der Waals surface area (Å²) in [6.07, 6.45) is -1.81. The standard InChI is InChI=1S/C29H37N11O9S/c1-29(2)20(35-17-21(38-29)36-28(31)37-23(17)43)24(44)33-5-6-39-8-11(26(45)46)15(7-13(39)27(47)48)50-9-14-18(41)19(42)25(49-14)40-10-34-16-12(30)3-4-32-22(16)40/h3-4,10-11,13-15,18-19,25,41-42H,5-9H2,1-2H3,(H2,30,32)(H,33,44)(H,45,46)(H,47,48)(H4,31,36,37,38,43)/t11?,13?,14-,15?,18?,19+,25-/m1/s1. The third-order valence-corrected chi connectivity index (χ3v) is 10.5. The number of ether oxygens (including phenoxy) is 1. The highest BCUT2D eigenvalue weighted by atomic mass is 32.2. The molecule has 3 aliphatic heterocycles. The Kier molecular flexibility index (Phi) is 9.43. The molecule has 20 nitrogen and oxygen atoms in total. The molecule has 2 saturated heterocycles. The number of nitrogens with zero attached hydrogens (tertiary/aromatic N) is 6. The zero-order valence-electron chi connectivity index (χ0n) is 26.9. The molecule has 4 unspecified atom stereocenters. The van der Waals surface area contributed by atoms with Gasteiger partial charge < -0.3 is 47.3 Å². The van der Waals surface area contributed by atoms with E-state index in [0.29, 0.717) is 16.9 Å². The van der Waals surface area contributed by atoms with E-state index in [-0.39, 0.29) is 55.0 Å². The van der Waals surface area contributed by atoms with Gasteiger partial charge in [-0.2, -0.15) is 16.7 Å². The molecule has 7 atom stereocenters. The maximum Gasteiger partial charge on any atom is 0.320 e. The van der Waals surface area contributed by atoms with E-state index >= 15 is 0 Å². The van der Waals surface area contributed by atoms with Crippen LogP contribution in [0.5, 0.6) is 0 Å². The number of H-pyrrole nitrogens is 1. The lowest BCUT2D eigenvalue weighted by Crippen LogP contribution is -2.56. The third kappa shape index (κ3) is 6.56. The lowest BCUT2D eigenvalue weighted by molar-refractivity contribution is -0.151. The zero-order chi connectivity index (χ0) is 36.1. The molecule has 1 amide bonds. The van der Waals surface area contributed by atoms with Crippen LogP contribution in [-0.4, -0.2) is 134 Å². The Morgan fingerprint density at radius 3 is 2.64 bits per heavy atom. The fraction of sp³-hybridized carbons (Fsp3) is 0.517. The van der Waals surface area contributed by atoms with Gasteiger partial charge in [0.05, 0.1) is 29.6 Å². The number of imidazole rings is 1. The van der Waals surface area contributed by atoms with E-state index in [1.807, 2.05) is 0 Å². The van der Waals surface area contributed by atoms with Gasteiger partial charge in [0.25, 0.3) is 11.5 Å². The van der Waals surface area contributed by atoms with Crippen LogP contribution in [0.1, 0.15) is 26.5 Å². The predicted octanol–water partition coefficient (Wildman–Crippen LogP) is -1.65. The number of nitrogens with two attached hydrogens (primary N) is 2. The molecule has 21 heteroatoms. The van der Waals surface area contributed by atoms with Gasteiger partial charge >= 0.3 is 11.9 Å². The summed E-state index contributed by atoms with van der Waals surface area (Å²) in [5.41, 5.74) is 10.9. The van der Waals surface area contributed by atoms with Crippen molar-refractivity contribution in [3.8, 4) is 0 Å². The molecule has 2 fully saturated rings. The molecule has 0 aliphatic carbocycles. The van der Waals surface area contributed by atoms with E-state index in [0.717, 1.165) is 11.8 Å². The molecule has 0 spiro atoms. The fourth-order valence-corrected chi connectivity index (χ4v) is 7.89. The number of amides is 1. The van der Waals surface area contributed by atoms with Gasteiger partial charge in [0.1, 0.15) is 29.5 Å². The SMILES string of the molecule is CC1(C)Nc2nc(N)[nH]c(=O)c2N=C1C(=O)NCCN1CC(C(=O)O)C(SC[C@H]2O[C@@H](n3cnc4c(N)ccnc43)[C@@H](O)C2O)CC1C(=O)O. The molecular formula is C29H37N11O9S. The van der Waals surface area contributed by atoms with Crippen molar-refractivity contribution < 1.29 is 39.5 Å². The molecule has 0 aromatic carbocycles. The highest BCUT2D eigenvalue weighted by Crippen LogP contribution is 2.38. The largest absolute Gasteiger partial charge is 0.481 e. The Morgan fingerprint density at radius 1 is 1.16 bits per heavy atom. The van der Waals surface area contributed by atoms with Gasteiger partial charge in [-0.25, -0.2) is 15.0 Å². The van der Waals surface area contributed by atoms with Gasteiger partial charge in [0.15, 0.2) is 23.4 Å². The number of hydrogen-bond donors (Lipinski definition) is 9. The molecule has 3 aliphatic rings. The molecular weight excluding hydrogens is 678 g/mol. The van der Waals surface area contributed by atoms with Crippen LogP contribution in [0.15, 0.2) is 28.4 Å². The normalized spacial score (nSPS) is 27.7. The monoisotopic (exact) mass is 715 g/mol. The number of aliphatic imine (C=N–C) groups is 1. The van der Waals surface area contributed by atoms with Crippen molar-refractivity contribution in [3.63, 3.8) is 0 Å². The number of piperidine rings is 1. The molecule has 0 radical (unpaired) electrons. The number of aromatic nitrogens is 5. The molecule has 6 rings (SSSR count). The van der Waals surface area contributed by atoms with E-state index in [4.69, 9.17) is 16.2 Å². The van der Waals surface area contributed by atoms with Gasteiger partial charge in [-0.3, -0.25) is 33.6 Å². The van der Waals surface area contributed by atoms with Crippen molar-refractivity contribution in [3.05, 3.63) is 28.9 Å². The number of carboxylic acid groups (broad SMARTS) is 2. The van der Waals surface area contributed by atoms with Gasteiger partial charge in [-0.1, -0.05) is 0 Å². The lowest BCUT2D eigenvalue weighted by Gasteiger charge is -2.40. The number of fused-ring (bicyclic) bond motifs is 2. The summed E-state index contributed by atoms with van der Waals surface area (Å²) in [5, 5.41) is 46.9. The minimum atomic E-state index is -1.35. The second-order valence-corrected chi connectivity index (χ2v) is 14.1. The number of carbonyl (C=O) groups is 3. The molecule has 0 saturated carbocycles. The van der Waals surface area contributed by atoms with E-state index < -0.39 is 70.7 Å². The Bertz CT molecular complexity index is 1920. The van der Waals surface area contributed by atoms with Crippen molar-refractivity contribution in [1.82, 2.24) is 34.7 Å². The van der Waals surface area contributed by atoms with Crippen molar-refractivity contribution in [1.29, 1.82) is 0 Å². The minimum Gasteiger partial charge on any atom is -0.481 e. The van der Waals surface area contributed by atoms with Gasteiger partial charge in [-0.05, 0) is 26.3 Å². The lowest BCUT2D eigenvalue weighted by atomic mass is 9.92. The number of anilines is 3. The van der Waals surface area contributed by atoms with Crippen LogP contribution >= 0.6 is 11.8 Å². The number of nitrogen functional groups attached to an aromatic ring is 2. The highest BCUT2D eigenvalue weighted by Gasteiger charge is 2.47. The average molecular weight is 716 g/mol. The molecule has 0 bridgehead atoms. The summed E-state index contributed by atoms with van der Waals surface area (Å²) in [4.78, 5) is 70.9. The van der Waals surface area contributed by atoms with Crippen LogP contribution in [0.2, 0.25) is 0 Å². The van der Waals surface area contributed by atoms with Crippen molar-refractivity contribution in [2.24, 2.45) is 10.9 Å². The van der Waals surface area contributed by atoms with Crippen LogP contribution in [0.3, 0.4) is 0 Å². The summed E-state index contributed by atoms with van der Waals surface area (Å²) < 4.78 is 7.46. The number of aliphatic hydroxyl groups excluding tert-OH is 2. The number of carboxylic acids is 2. The summed E-state index contributed by atoms with van der Waals surface area (Å²) in [5.74, 6) is -3.84. The highest BCUT2D eigenvalue weighted by molar-refractivity contribution is 8.00. The second kappa shape index (κ2) is 13.5.